The average Bonchev–Trinajstić information content (AvgIpc) is 2.17. The quantitative estimate of drug-likeness (QED) is 0.720. The minimum Gasteiger partial charge on any atom is -0.388 e. The van der Waals surface area contributed by atoms with Gasteiger partial charge in [-0.3, -0.25) is 4.79 Å². The Morgan fingerprint density at radius 3 is 2.25 bits per heavy atom. The molecule has 16 heavy (non-hydrogen) atoms. The van der Waals surface area contributed by atoms with Crippen molar-refractivity contribution in [2.75, 3.05) is 5.32 Å². The summed E-state index contributed by atoms with van der Waals surface area (Å²) < 4.78 is 0. The Morgan fingerprint density at radius 1 is 1.38 bits per heavy atom. The van der Waals surface area contributed by atoms with Crippen molar-refractivity contribution in [3.8, 4) is 0 Å². The number of aliphatic hydroxyl groups is 1. The molecule has 1 amide bonds. The molecule has 1 aromatic rings. The Balaban J connectivity index is 2.73. The van der Waals surface area contributed by atoms with E-state index in [-0.39, 0.29) is 6.04 Å². The number of rotatable bonds is 4. The van der Waals surface area contributed by atoms with Crippen LogP contribution in [0.5, 0.6) is 0 Å². The SMILES string of the molecule is CC(Nc1ccc(C(N)=O)cc1)C(C)(C)O. The second-order valence-corrected chi connectivity index (χ2v) is 4.46. The van der Waals surface area contributed by atoms with E-state index < -0.39 is 11.5 Å². The van der Waals surface area contributed by atoms with Gasteiger partial charge < -0.3 is 16.2 Å². The van der Waals surface area contributed by atoms with Gasteiger partial charge in [0.15, 0.2) is 0 Å². The third kappa shape index (κ3) is 3.24. The van der Waals surface area contributed by atoms with E-state index in [1.165, 1.54) is 0 Å². The first-order chi connectivity index (χ1) is 7.30. The second-order valence-electron chi connectivity index (χ2n) is 4.46. The van der Waals surface area contributed by atoms with Gasteiger partial charge in [-0.25, -0.2) is 0 Å². The maximum Gasteiger partial charge on any atom is 0.248 e. The van der Waals surface area contributed by atoms with E-state index in [0.717, 1.165) is 5.69 Å². The number of amides is 1. The summed E-state index contributed by atoms with van der Waals surface area (Å²) >= 11 is 0. The van der Waals surface area contributed by atoms with Crippen LogP contribution in [0.2, 0.25) is 0 Å². The van der Waals surface area contributed by atoms with Gasteiger partial charge in [-0.05, 0) is 45.0 Å². The smallest absolute Gasteiger partial charge is 0.248 e. The molecule has 1 aromatic carbocycles. The number of hydrogen-bond acceptors (Lipinski definition) is 3. The normalized spacial score (nSPS) is 13.2. The highest BCUT2D eigenvalue weighted by molar-refractivity contribution is 5.93. The third-order valence-corrected chi connectivity index (χ3v) is 2.61. The third-order valence-electron chi connectivity index (χ3n) is 2.61. The Morgan fingerprint density at radius 2 is 1.88 bits per heavy atom. The van der Waals surface area contributed by atoms with Gasteiger partial charge in [-0.1, -0.05) is 0 Å². The predicted molar refractivity (Wildman–Crippen MR) is 64.3 cm³/mol. The Labute approximate surface area is 95.5 Å². The molecule has 0 spiro atoms. The highest BCUT2D eigenvalue weighted by atomic mass is 16.3. The number of nitrogens with one attached hydrogen (secondary N) is 1. The Hall–Kier alpha value is -1.55. The summed E-state index contributed by atoms with van der Waals surface area (Å²) in [7, 11) is 0. The molecule has 1 atom stereocenters. The first kappa shape index (κ1) is 12.5. The molecule has 0 fully saturated rings. The molecule has 0 aliphatic carbocycles. The molecule has 0 saturated heterocycles. The summed E-state index contributed by atoms with van der Waals surface area (Å²) in [6, 6.07) is 6.75. The van der Waals surface area contributed by atoms with E-state index in [1.807, 2.05) is 6.92 Å². The molecule has 0 heterocycles. The lowest BCUT2D eigenvalue weighted by atomic mass is 10.0. The standard InChI is InChI=1S/C12H18N2O2/c1-8(12(2,3)16)14-10-6-4-9(5-7-10)11(13)15/h4-8,14,16H,1-3H3,(H2,13,15). The van der Waals surface area contributed by atoms with Gasteiger partial charge in [-0.15, -0.1) is 0 Å². The van der Waals surface area contributed by atoms with Crippen molar-refractivity contribution in [2.45, 2.75) is 32.4 Å². The van der Waals surface area contributed by atoms with Gasteiger partial charge in [0.1, 0.15) is 0 Å². The summed E-state index contributed by atoms with van der Waals surface area (Å²) in [4.78, 5) is 10.9. The number of carbonyl (C=O) groups is 1. The first-order valence-electron chi connectivity index (χ1n) is 5.19. The van der Waals surface area contributed by atoms with E-state index in [1.54, 1.807) is 38.1 Å². The second kappa shape index (κ2) is 4.53. The summed E-state index contributed by atoms with van der Waals surface area (Å²) in [5.41, 5.74) is 5.65. The zero-order chi connectivity index (χ0) is 12.3. The van der Waals surface area contributed by atoms with Gasteiger partial charge in [0, 0.05) is 11.3 Å². The van der Waals surface area contributed by atoms with Crippen LogP contribution in [0.15, 0.2) is 24.3 Å². The summed E-state index contributed by atoms with van der Waals surface area (Å²) in [5, 5.41) is 12.9. The summed E-state index contributed by atoms with van der Waals surface area (Å²) in [5.74, 6) is -0.443. The fourth-order valence-corrected chi connectivity index (χ4v) is 1.16. The minimum absolute atomic E-state index is 0.0908. The molecule has 0 aliphatic rings. The molecular formula is C12H18N2O2. The highest BCUT2D eigenvalue weighted by Crippen LogP contribution is 2.16. The van der Waals surface area contributed by atoms with Gasteiger partial charge in [0.2, 0.25) is 5.91 Å². The fourth-order valence-electron chi connectivity index (χ4n) is 1.16. The van der Waals surface area contributed by atoms with E-state index in [0.29, 0.717) is 5.56 Å². The molecule has 0 aliphatic heterocycles. The molecule has 4 N–H and O–H groups in total. The summed E-state index contributed by atoms with van der Waals surface area (Å²) in [6.07, 6.45) is 0. The van der Waals surface area contributed by atoms with Crippen LogP contribution in [0, 0.1) is 0 Å². The lowest BCUT2D eigenvalue weighted by Gasteiger charge is -2.27. The van der Waals surface area contributed by atoms with Crippen LogP contribution in [0.4, 0.5) is 5.69 Å². The number of benzene rings is 1. The van der Waals surface area contributed by atoms with Crippen molar-refractivity contribution in [1.82, 2.24) is 0 Å². The number of primary amides is 1. The molecule has 1 unspecified atom stereocenters. The molecule has 0 bridgehead atoms. The number of nitrogens with two attached hydrogens (primary N) is 1. The highest BCUT2D eigenvalue weighted by Gasteiger charge is 2.21. The predicted octanol–water partition coefficient (Wildman–Crippen LogP) is 1.36. The maximum atomic E-state index is 10.9. The number of carbonyl (C=O) groups excluding carboxylic acids is 1. The molecule has 0 aromatic heterocycles. The monoisotopic (exact) mass is 222 g/mol. The van der Waals surface area contributed by atoms with E-state index >= 15 is 0 Å². The minimum atomic E-state index is -0.803. The first-order valence-corrected chi connectivity index (χ1v) is 5.19. The van der Waals surface area contributed by atoms with E-state index in [2.05, 4.69) is 5.32 Å². The topological polar surface area (TPSA) is 75.3 Å². The Kier molecular flexibility index (Phi) is 3.55. The van der Waals surface area contributed by atoms with Gasteiger partial charge >= 0.3 is 0 Å². The van der Waals surface area contributed by atoms with Crippen molar-refractivity contribution < 1.29 is 9.90 Å². The van der Waals surface area contributed by atoms with Crippen LogP contribution < -0.4 is 11.1 Å². The zero-order valence-corrected chi connectivity index (χ0v) is 9.82. The fraction of sp³-hybridized carbons (Fsp3) is 0.417. The van der Waals surface area contributed by atoms with Crippen LogP contribution >= 0.6 is 0 Å². The molecule has 4 nitrogen and oxygen atoms in total. The van der Waals surface area contributed by atoms with Crippen molar-refractivity contribution in [1.29, 1.82) is 0 Å². The summed E-state index contributed by atoms with van der Waals surface area (Å²) in [6.45, 7) is 5.37. The van der Waals surface area contributed by atoms with Gasteiger partial charge in [-0.2, -0.15) is 0 Å². The van der Waals surface area contributed by atoms with Crippen LogP contribution in [0.3, 0.4) is 0 Å². The van der Waals surface area contributed by atoms with Gasteiger partial charge in [0.05, 0.1) is 11.6 Å². The van der Waals surface area contributed by atoms with Crippen molar-refractivity contribution in [2.24, 2.45) is 5.73 Å². The van der Waals surface area contributed by atoms with Gasteiger partial charge in [0.25, 0.3) is 0 Å². The lowest BCUT2D eigenvalue weighted by Crippen LogP contribution is -2.39. The van der Waals surface area contributed by atoms with Crippen LogP contribution in [0.25, 0.3) is 0 Å². The average molecular weight is 222 g/mol. The van der Waals surface area contributed by atoms with Crippen molar-refractivity contribution in [3.63, 3.8) is 0 Å². The molecule has 4 heteroatoms. The Bertz CT molecular complexity index is 366. The number of anilines is 1. The van der Waals surface area contributed by atoms with E-state index in [4.69, 9.17) is 5.73 Å². The lowest BCUT2D eigenvalue weighted by molar-refractivity contribution is 0.0649. The molecule has 0 saturated carbocycles. The van der Waals surface area contributed by atoms with Crippen LogP contribution in [-0.4, -0.2) is 22.7 Å². The maximum absolute atomic E-state index is 10.9. The largest absolute Gasteiger partial charge is 0.388 e. The van der Waals surface area contributed by atoms with Crippen LogP contribution in [0.1, 0.15) is 31.1 Å². The molecular weight excluding hydrogens is 204 g/mol. The molecule has 0 radical (unpaired) electrons. The van der Waals surface area contributed by atoms with Crippen molar-refractivity contribution in [3.05, 3.63) is 29.8 Å². The van der Waals surface area contributed by atoms with Crippen LogP contribution in [-0.2, 0) is 0 Å². The molecule has 1 rings (SSSR count). The van der Waals surface area contributed by atoms with Crippen molar-refractivity contribution >= 4 is 11.6 Å². The molecule has 88 valence electrons. The zero-order valence-electron chi connectivity index (χ0n) is 9.82. The van der Waals surface area contributed by atoms with E-state index in [9.17, 15) is 9.90 Å². The number of hydrogen-bond donors (Lipinski definition) is 3.